The quantitative estimate of drug-likeness (QED) is 0.606. The Labute approximate surface area is 90.3 Å². The number of urea groups is 1. The third-order valence-corrected chi connectivity index (χ3v) is 3.90. The molecule has 1 aliphatic carbocycles. The van der Waals surface area contributed by atoms with Gasteiger partial charge in [0.25, 0.3) is 0 Å². The number of amidine groups is 1. The molecule has 2 amide bonds. The summed E-state index contributed by atoms with van der Waals surface area (Å²) >= 11 is 0. The molecule has 2 aliphatic rings. The maximum absolute atomic E-state index is 11.2. The molecule has 4 nitrogen and oxygen atoms in total. The van der Waals surface area contributed by atoms with Gasteiger partial charge in [0, 0.05) is 0 Å². The van der Waals surface area contributed by atoms with Crippen LogP contribution in [0.2, 0.25) is 0 Å². The molecule has 1 aliphatic heterocycles. The van der Waals surface area contributed by atoms with Crippen LogP contribution < -0.4 is 10.6 Å². The molecule has 1 saturated heterocycles. The largest absolute Gasteiger partial charge is 0.325 e. The van der Waals surface area contributed by atoms with Crippen molar-refractivity contribution >= 4 is 11.9 Å². The average molecular weight is 209 g/mol. The van der Waals surface area contributed by atoms with E-state index in [1.165, 1.54) is 0 Å². The normalized spacial score (nSPS) is 35.8. The van der Waals surface area contributed by atoms with Gasteiger partial charge in [0.15, 0.2) is 0 Å². The molecule has 1 spiro atoms. The highest BCUT2D eigenvalue weighted by Gasteiger charge is 2.45. The molecule has 84 valence electrons. The molecule has 15 heavy (non-hydrogen) atoms. The SMILES string of the molecule is CC(C)C1CCC2(CC1)NC(=O)NC2=N. The lowest BCUT2D eigenvalue weighted by atomic mass is 9.73. The first-order valence-corrected chi connectivity index (χ1v) is 5.72. The third-order valence-electron chi connectivity index (χ3n) is 3.90. The molecular weight excluding hydrogens is 190 g/mol. The minimum Gasteiger partial charge on any atom is -0.325 e. The number of hydrogen-bond donors (Lipinski definition) is 3. The van der Waals surface area contributed by atoms with Crippen LogP contribution in [0.5, 0.6) is 0 Å². The topological polar surface area (TPSA) is 65.0 Å². The molecule has 1 saturated carbocycles. The summed E-state index contributed by atoms with van der Waals surface area (Å²) in [5.41, 5.74) is -0.359. The highest BCUT2D eigenvalue weighted by molar-refractivity contribution is 6.08. The van der Waals surface area contributed by atoms with Crippen molar-refractivity contribution in [1.29, 1.82) is 5.41 Å². The van der Waals surface area contributed by atoms with Gasteiger partial charge >= 0.3 is 6.03 Å². The Bertz CT molecular complexity index is 290. The van der Waals surface area contributed by atoms with E-state index < -0.39 is 0 Å². The first-order chi connectivity index (χ1) is 7.03. The van der Waals surface area contributed by atoms with Gasteiger partial charge in [-0.3, -0.25) is 10.7 Å². The van der Waals surface area contributed by atoms with Crippen LogP contribution in [0.3, 0.4) is 0 Å². The van der Waals surface area contributed by atoms with Crippen LogP contribution in [-0.4, -0.2) is 17.4 Å². The van der Waals surface area contributed by atoms with Crippen molar-refractivity contribution in [2.75, 3.05) is 0 Å². The minimum absolute atomic E-state index is 0.206. The highest BCUT2D eigenvalue weighted by atomic mass is 16.2. The molecule has 2 fully saturated rings. The smallest absolute Gasteiger partial charge is 0.321 e. The lowest BCUT2D eigenvalue weighted by Gasteiger charge is -2.37. The van der Waals surface area contributed by atoms with Crippen molar-refractivity contribution in [3.05, 3.63) is 0 Å². The van der Waals surface area contributed by atoms with Crippen molar-refractivity contribution < 1.29 is 4.79 Å². The van der Waals surface area contributed by atoms with Crippen molar-refractivity contribution in [3.63, 3.8) is 0 Å². The van der Waals surface area contributed by atoms with E-state index in [2.05, 4.69) is 24.5 Å². The van der Waals surface area contributed by atoms with E-state index in [0.29, 0.717) is 11.8 Å². The molecule has 0 aromatic rings. The van der Waals surface area contributed by atoms with Gasteiger partial charge in [0.1, 0.15) is 5.84 Å². The van der Waals surface area contributed by atoms with E-state index in [1.54, 1.807) is 0 Å². The minimum atomic E-state index is -0.359. The molecule has 0 unspecified atom stereocenters. The number of carbonyl (C=O) groups excluding carboxylic acids is 1. The van der Waals surface area contributed by atoms with Crippen LogP contribution in [-0.2, 0) is 0 Å². The van der Waals surface area contributed by atoms with Crippen molar-refractivity contribution in [2.45, 2.75) is 45.1 Å². The standard InChI is InChI=1S/C11H19N3O/c1-7(2)8-3-5-11(6-4-8)9(12)13-10(15)14-11/h7-8H,3-6H2,1-2H3,(H3,12,13,14,15). The predicted octanol–water partition coefficient (Wildman–Crippen LogP) is 1.86. The van der Waals surface area contributed by atoms with Crippen LogP contribution >= 0.6 is 0 Å². The Hall–Kier alpha value is -1.06. The number of nitrogens with one attached hydrogen (secondary N) is 3. The fourth-order valence-electron chi connectivity index (χ4n) is 2.72. The fourth-order valence-corrected chi connectivity index (χ4v) is 2.72. The summed E-state index contributed by atoms with van der Waals surface area (Å²) in [6, 6.07) is -0.206. The zero-order chi connectivity index (χ0) is 11.1. The van der Waals surface area contributed by atoms with Gasteiger partial charge in [-0.1, -0.05) is 13.8 Å². The van der Waals surface area contributed by atoms with Gasteiger partial charge in [0.05, 0.1) is 5.54 Å². The van der Waals surface area contributed by atoms with Crippen molar-refractivity contribution in [2.24, 2.45) is 11.8 Å². The Balaban J connectivity index is 2.03. The number of amides is 2. The summed E-state index contributed by atoms with van der Waals surface area (Å²) in [7, 11) is 0. The second-order valence-corrected chi connectivity index (χ2v) is 5.12. The summed E-state index contributed by atoms with van der Waals surface area (Å²) in [4.78, 5) is 11.2. The highest BCUT2D eigenvalue weighted by Crippen LogP contribution is 2.37. The fraction of sp³-hybridized carbons (Fsp3) is 0.818. The monoisotopic (exact) mass is 209 g/mol. The summed E-state index contributed by atoms with van der Waals surface area (Å²) in [6.45, 7) is 4.50. The lowest BCUT2D eigenvalue weighted by Crippen LogP contribution is -2.49. The molecule has 0 aromatic carbocycles. The van der Waals surface area contributed by atoms with Crippen LogP contribution in [0.4, 0.5) is 4.79 Å². The molecule has 1 heterocycles. The summed E-state index contributed by atoms with van der Waals surface area (Å²) in [5.74, 6) is 1.83. The first-order valence-electron chi connectivity index (χ1n) is 5.72. The maximum Gasteiger partial charge on any atom is 0.321 e. The first kappa shape index (κ1) is 10.5. The molecule has 0 aromatic heterocycles. The van der Waals surface area contributed by atoms with Crippen molar-refractivity contribution in [3.8, 4) is 0 Å². The van der Waals surface area contributed by atoms with Crippen LogP contribution in [0, 0.1) is 17.2 Å². The molecule has 0 bridgehead atoms. The Morgan fingerprint density at radius 2 is 2.00 bits per heavy atom. The van der Waals surface area contributed by atoms with E-state index in [1.807, 2.05) is 0 Å². The summed E-state index contributed by atoms with van der Waals surface area (Å²) in [6.07, 6.45) is 4.05. The van der Waals surface area contributed by atoms with Crippen LogP contribution in [0.1, 0.15) is 39.5 Å². The zero-order valence-corrected chi connectivity index (χ0v) is 9.39. The number of rotatable bonds is 1. The van der Waals surface area contributed by atoms with Crippen molar-refractivity contribution in [1.82, 2.24) is 10.6 Å². The molecule has 0 atom stereocenters. The van der Waals surface area contributed by atoms with E-state index in [-0.39, 0.29) is 11.6 Å². The molecule has 0 radical (unpaired) electrons. The van der Waals surface area contributed by atoms with E-state index in [4.69, 9.17) is 5.41 Å². The van der Waals surface area contributed by atoms with E-state index in [9.17, 15) is 4.79 Å². The van der Waals surface area contributed by atoms with Gasteiger partial charge in [-0.05, 0) is 37.5 Å². The van der Waals surface area contributed by atoms with Gasteiger partial charge in [-0.2, -0.15) is 0 Å². The zero-order valence-electron chi connectivity index (χ0n) is 9.39. The Morgan fingerprint density at radius 3 is 2.40 bits per heavy atom. The molecule has 4 heteroatoms. The third kappa shape index (κ3) is 1.73. The lowest BCUT2D eigenvalue weighted by molar-refractivity contribution is 0.209. The Morgan fingerprint density at radius 1 is 1.40 bits per heavy atom. The molecular formula is C11H19N3O. The van der Waals surface area contributed by atoms with E-state index in [0.717, 1.165) is 31.6 Å². The summed E-state index contributed by atoms with van der Waals surface area (Å²) < 4.78 is 0. The maximum atomic E-state index is 11.2. The number of hydrogen-bond acceptors (Lipinski definition) is 2. The second-order valence-electron chi connectivity index (χ2n) is 5.12. The van der Waals surface area contributed by atoms with Gasteiger partial charge in [0.2, 0.25) is 0 Å². The van der Waals surface area contributed by atoms with E-state index >= 15 is 0 Å². The predicted molar refractivity (Wildman–Crippen MR) is 58.9 cm³/mol. The Kier molecular flexibility index (Phi) is 2.44. The van der Waals surface area contributed by atoms with Gasteiger partial charge in [-0.25, -0.2) is 4.79 Å². The van der Waals surface area contributed by atoms with Crippen LogP contribution in [0.15, 0.2) is 0 Å². The second kappa shape index (κ2) is 3.51. The van der Waals surface area contributed by atoms with Gasteiger partial charge < -0.3 is 5.32 Å². The van der Waals surface area contributed by atoms with Gasteiger partial charge in [-0.15, -0.1) is 0 Å². The molecule has 2 rings (SSSR count). The molecule has 3 N–H and O–H groups in total. The summed E-state index contributed by atoms with van der Waals surface area (Å²) in [5, 5.41) is 13.3. The number of carbonyl (C=O) groups is 1. The average Bonchev–Trinajstić information content (AvgIpc) is 2.42. The van der Waals surface area contributed by atoms with Crippen LogP contribution in [0.25, 0.3) is 0 Å².